The van der Waals surface area contributed by atoms with Crippen LogP contribution in [0.4, 0.5) is 5.69 Å². The number of hydrogen-bond donors (Lipinski definition) is 1. The zero-order valence-corrected chi connectivity index (χ0v) is 19.5. The van der Waals surface area contributed by atoms with Crippen LogP contribution in [-0.2, 0) is 14.8 Å². The van der Waals surface area contributed by atoms with Crippen LogP contribution in [0.3, 0.4) is 0 Å². The molecule has 3 rings (SSSR count). The van der Waals surface area contributed by atoms with Gasteiger partial charge in [-0.15, -0.1) is 0 Å². The smallest absolute Gasteiger partial charge is 0.264 e. The average Bonchev–Trinajstić information content (AvgIpc) is 3.25. The van der Waals surface area contributed by atoms with Gasteiger partial charge >= 0.3 is 0 Å². The SMILES string of the molecule is Cc1ccc(S(=O)(=O)N(CC(=O)NCCCN2CCCC2)c2cccc(C)c2C)cc1. The van der Waals surface area contributed by atoms with Crippen LogP contribution in [0.1, 0.15) is 36.0 Å². The fraction of sp³-hybridized carbons (Fsp3) is 0.458. The molecule has 0 bridgehead atoms. The molecule has 1 heterocycles. The summed E-state index contributed by atoms with van der Waals surface area (Å²) in [5.41, 5.74) is 3.34. The lowest BCUT2D eigenvalue weighted by atomic mass is 10.1. The van der Waals surface area contributed by atoms with Gasteiger partial charge in [0.15, 0.2) is 0 Å². The van der Waals surface area contributed by atoms with Gasteiger partial charge in [0, 0.05) is 6.54 Å². The first-order valence-electron chi connectivity index (χ1n) is 10.9. The molecule has 1 amide bonds. The van der Waals surface area contributed by atoms with Crippen LogP contribution in [0.15, 0.2) is 47.4 Å². The zero-order chi connectivity index (χ0) is 22.4. The highest BCUT2D eigenvalue weighted by Crippen LogP contribution is 2.28. The van der Waals surface area contributed by atoms with Crippen molar-refractivity contribution < 1.29 is 13.2 Å². The van der Waals surface area contributed by atoms with Crippen LogP contribution >= 0.6 is 0 Å². The first-order chi connectivity index (χ1) is 14.8. The number of aryl methyl sites for hydroxylation is 2. The van der Waals surface area contributed by atoms with E-state index in [1.807, 2.05) is 32.9 Å². The van der Waals surface area contributed by atoms with Crippen molar-refractivity contribution in [2.24, 2.45) is 0 Å². The molecule has 1 fully saturated rings. The Hall–Kier alpha value is -2.38. The Kier molecular flexibility index (Phi) is 7.73. The molecule has 168 valence electrons. The Balaban J connectivity index is 1.76. The van der Waals surface area contributed by atoms with Crippen molar-refractivity contribution in [3.05, 3.63) is 59.2 Å². The normalized spacial score (nSPS) is 14.5. The van der Waals surface area contributed by atoms with E-state index in [-0.39, 0.29) is 17.3 Å². The number of benzene rings is 2. The van der Waals surface area contributed by atoms with Gasteiger partial charge in [-0.3, -0.25) is 9.10 Å². The number of amides is 1. The third-order valence-corrected chi connectivity index (χ3v) is 7.69. The Morgan fingerprint density at radius 2 is 1.71 bits per heavy atom. The summed E-state index contributed by atoms with van der Waals surface area (Å²) >= 11 is 0. The number of nitrogens with one attached hydrogen (secondary N) is 1. The molecule has 6 nitrogen and oxygen atoms in total. The minimum Gasteiger partial charge on any atom is -0.354 e. The summed E-state index contributed by atoms with van der Waals surface area (Å²) in [4.78, 5) is 15.3. The summed E-state index contributed by atoms with van der Waals surface area (Å²) in [7, 11) is -3.88. The van der Waals surface area contributed by atoms with Gasteiger partial charge in [0.2, 0.25) is 5.91 Å². The monoisotopic (exact) mass is 443 g/mol. The Morgan fingerprint density at radius 1 is 1.03 bits per heavy atom. The van der Waals surface area contributed by atoms with Gasteiger partial charge < -0.3 is 10.2 Å². The maximum atomic E-state index is 13.5. The zero-order valence-electron chi connectivity index (χ0n) is 18.7. The maximum absolute atomic E-state index is 13.5. The number of anilines is 1. The molecule has 0 aromatic heterocycles. The van der Waals surface area contributed by atoms with Gasteiger partial charge in [0.25, 0.3) is 10.0 Å². The van der Waals surface area contributed by atoms with E-state index in [0.717, 1.165) is 42.7 Å². The quantitative estimate of drug-likeness (QED) is 0.603. The Labute approximate surface area is 186 Å². The van der Waals surface area contributed by atoms with Crippen molar-refractivity contribution in [3.63, 3.8) is 0 Å². The van der Waals surface area contributed by atoms with Crippen molar-refractivity contribution in [3.8, 4) is 0 Å². The summed E-state index contributed by atoms with van der Waals surface area (Å²) in [6, 6.07) is 12.2. The maximum Gasteiger partial charge on any atom is 0.264 e. The Bertz CT molecular complexity index is 997. The number of sulfonamides is 1. The molecule has 0 saturated carbocycles. The van der Waals surface area contributed by atoms with Gasteiger partial charge in [-0.1, -0.05) is 29.8 Å². The van der Waals surface area contributed by atoms with Crippen molar-refractivity contribution in [2.75, 3.05) is 37.0 Å². The van der Waals surface area contributed by atoms with E-state index in [1.54, 1.807) is 30.3 Å². The molecule has 31 heavy (non-hydrogen) atoms. The van der Waals surface area contributed by atoms with E-state index in [9.17, 15) is 13.2 Å². The van der Waals surface area contributed by atoms with E-state index in [0.29, 0.717) is 12.2 Å². The molecule has 1 aliphatic rings. The standard InChI is InChI=1S/C24H33N3O3S/c1-19-10-12-22(13-11-19)31(29,30)27(23-9-6-8-20(2)21(23)3)18-24(28)25-14-7-17-26-15-4-5-16-26/h6,8-13H,4-5,7,14-18H2,1-3H3,(H,25,28). The summed E-state index contributed by atoms with van der Waals surface area (Å²) in [5, 5.41) is 2.90. The molecule has 0 aliphatic carbocycles. The van der Waals surface area contributed by atoms with Gasteiger partial charge in [0.05, 0.1) is 10.6 Å². The number of hydrogen-bond acceptors (Lipinski definition) is 4. The number of rotatable bonds is 9. The van der Waals surface area contributed by atoms with Gasteiger partial charge in [-0.05, 0) is 89.0 Å². The first kappa shape index (κ1) is 23.3. The number of likely N-dealkylation sites (tertiary alicyclic amines) is 1. The molecular weight excluding hydrogens is 410 g/mol. The topological polar surface area (TPSA) is 69.7 Å². The number of carbonyl (C=O) groups excluding carboxylic acids is 1. The van der Waals surface area contributed by atoms with E-state index < -0.39 is 10.0 Å². The van der Waals surface area contributed by atoms with Gasteiger partial charge in [-0.25, -0.2) is 8.42 Å². The molecule has 0 unspecified atom stereocenters. The molecule has 0 atom stereocenters. The Morgan fingerprint density at radius 3 is 2.39 bits per heavy atom. The van der Waals surface area contributed by atoms with Crippen LogP contribution in [-0.4, -0.2) is 51.9 Å². The van der Waals surface area contributed by atoms with Crippen molar-refractivity contribution in [1.82, 2.24) is 10.2 Å². The van der Waals surface area contributed by atoms with Crippen LogP contribution < -0.4 is 9.62 Å². The van der Waals surface area contributed by atoms with E-state index >= 15 is 0 Å². The lowest BCUT2D eigenvalue weighted by Crippen LogP contribution is -2.41. The average molecular weight is 444 g/mol. The summed E-state index contributed by atoms with van der Waals surface area (Å²) in [6.45, 7) is 9.25. The molecule has 2 aromatic carbocycles. The number of carbonyl (C=O) groups is 1. The molecule has 0 radical (unpaired) electrons. The second kappa shape index (κ2) is 10.3. The second-order valence-corrected chi connectivity index (χ2v) is 10.2. The van der Waals surface area contributed by atoms with Crippen LogP contribution in [0.2, 0.25) is 0 Å². The molecular formula is C24H33N3O3S. The minimum absolute atomic E-state index is 0.181. The van der Waals surface area contributed by atoms with E-state index in [2.05, 4.69) is 10.2 Å². The third kappa shape index (κ3) is 5.86. The van der Waals surface area contributed by atoms with Gasteiger partial charge in [0.1, 0.15) is 6.54 Å². The van der Waals surface area contributed by atoms with Crippen LogP contribution in [0.25, 0.3) is 0 Å². The highest BCUT2D eigenvalue weighted by atomic mass is 32.2. The predicted molar refractivity (Wildman–Crippen MR) is 125 cm³/mol. The number of nitrogens with zero attached hydrogens (tertiary/aromatic N) is 2. The van der Waals surface area contributed by atoms with Crippen LogP contribution in [0.5, 0.6) is 0 Å². The molecule has 2 aromatic rings. The summed E-state index contributed by atoms with van der Waals surface area (Å²) in [6.07, 6.45) is 3.35. The predicted octanol–water partition coefficient (Wildman–Crippen LogP) is 3.41. The fourth-order valence-electron chi connectivity index (χ4n) is 3.87. The minimum atomic E-state index is -3.88. The fourth-order valence-corrected chi connectivity index (χ4v) is 5.34. The molecule has 1 N–H and O–H groups in total. The third-order valence-electron chi connectivity index (χ3n) is 5.91. The van der Waals surface area contributed by atoms with Crippen LogP contribution in [0, 0.1) is 20.8 Å². The van der Waals surface area contributed by atoms with Crippen molar-refractivity contribution >= 4 is 21.6 Å². The second-order valence-electron chi connectivity index (χ2n) is 8.30. The molecule has 1 aliphatic heterocycles. The molecule has 0 spiro atoms. The first-order valence-corrected chi connectivity index (χ1v) is 12.4. The highest BCUT2D eigenvalue weighted by Gasteiger charge is 2.28. The van der Waals surface area contributed by atoms with E-state index in [1.165, 1.54) is 17.1 Å². The summed E-state index contributed by atoms with van der Waals surface area (Å²) in [5.74, 6) is -0.294. The van der Waals surface area contributed by atoms with Crippen molar-refractivity contribution in [2.45, 2.75) is 44.9 Å². The largest absolute Gasteiger partial charge is 0.354 e. The lowest BCUT2D eigenvalue weighted by Gasteiger charge is -2.26. The molecule has 1 saturated heterocycles. The summed E-state index contributed by atoms with van der Waals surface area (Å²) < 4.78 is 28.2. The van der Waals surface area contributed by atoms with Gasteiger partial charge in [-0.2, -0.15) is 0 Å². The molecule has 7 heteroatoms. The lowest BCUT2D eigenvalue weighted by molar-refractivity contribution is -0.119. The van der Waals surface area contributed by atoms with Crippen molar-refractivity contribution in [1.29, 1.82) is 0 Å². The highest BCUT2D eigenvalue weighted by molar-refractivity contribution is 7.92. The van der Waals surface area contributed by atoms with E-state index in [4.69, 9.17) is 0 Å².